The van der Waals surface area contributed by atoms with Crippen LogP contribution in [-0.2, 0) is 11.2 Å². The normalized spacial score (nSPS) is 21.1. The number of hydrogen-bond donors (Lipinski definition) is 1. The number of nitrogens with zero attached hydrogens (tertiary/aromatic N) is 6. The molecule has 1 spiro atoms. The number of rotatable bonds is 5. The van der Waals surface area contributed by atoms with E-state index in [1.165, 1.54) is 7.11 Å². The van der Waals surface area contributed by atoms with E-state index in [2.05, 4.69) is 37.1 Å². The highest BCUT2D eigenvalue weighted by atomic mass is 16.5. The number of aryl methyl sites for hydroxylation is 1. The largest absolute Gasteiger partial charge is 0.479 e. The summed E-state index contributed by atoms with van der Waals surface area (Å²) in [5.41, 5.74) is 1.39. The van der Waals surface area contributed by atoms with Gasteiger partial charge in [-0.2, -0.15) is 0 Å². The van der Waals surface area contributed by atoms with Gasteiger partial charge in [-0.15, -0.1) is 15.3 Å². The molecule has 3 aromatic rings. The van der Waals surface area contributed by atoms with E-state index in [0.717, 1.165) is 50.5 Å². The molecule has 6 rings (SSSR count). The number of carbonyl (C=O) groups excluding carboxylic acids is 1. The summed E-state index contributed by atoms with van der Waals surface area (Å²) in [4.78, 5) is 17.6. The van der Waals surface area contributed by atoms with Crippen LogP contribution in [0.2, 0.25) is 0 Å². The third kappa shape index (κ3) is 3.01. The topological polar surface area (TPSA) is 109 Å². The first kappa shape index (κ1) is 19.4. The molecule has 0 aromatic carbocycles. The van der Waals surface area contributed by atoms with Crippen molar-refractivity contribution in [3.8, 4) is 17.4 Å². The predicted octanol–water partition coefficient (Wildman–Crippen LogP) is 2.66. The highest BCUT2D eigenvalue weighted by molar-refractivity contribution is 6.05. The van der Waals surface area contributed by atoms with Gasteiger partial charge in [-0.3, -0.25) is 9.48 Å². The van der Waals surface area contributed by atoms with Crippen LogP contribution in [0.15, 0.2) is 24.4 Å². The molecule has 1 amide bonds. The third-order valence-electron chi connectivity index (χ3n) is 6.88. The van der Waals surface area contributed by atoms with Gasteiger partial charge in [-0.05, 0) is 38.3 Å². The molecule has 166 valence electrons. The lowest BCUT2D eigenvalue weighted by molar-refractivity contribution is -0.176. The minimum atomic E-state index is -0.307. The second-order valence-corrected chi connectivity index (χ2v) is 9.15. The molecule has 1 saturated heterocycles. The first-order valence-electron chi connectivity index (χ1n) is 11.0. The number of carbonyl (C=O) groups is 1. The molecule has 1 aliphatic carbocycles. The van der Waals surface area contributed by atoms with E-state index >= 15 is 0 Å². The zero-order chi connectivity index (χ0) is 21.9. The molecule has 1 atom stereocenters. The molecule has 2 fully saturated rings. The van der Waals surface area contributed by atoms with Crippen molar-refractivity contribution in [2.45, 2.75) is 44.7 Å². The average molecular weight is 435 g/mol. The lowest BCUT2D eigenvalue weighted by Gasteiger charge is -2.53. The summed E-state index contributed by atoms with van der Waals surface area (Å²) in [7, 11) is 1.53. The maximum Gasteiger partial charge on any atom is 0.263 e. The predicted molar refractivity (Wildman–Crippen MR) is 115 cm³/mol. The van der Waals surface area contributed by atoms with E-state index in [9.17, 15) is 4.79 Å². The van der Waals surface area contributed by atoms with Crippen molar-refractivity contribution in [2.24, 2.45) is 5.41 Å². The Morgan fingerprint density at radius 2 is 2.12 bits per heavy atom. The fourth-order valence-corrected chi connectivity index (χ4v) is 5.03. The van der Waals surface area contributed by atoms with Gasteiger partial charge in [0.2, 0.25) is 5.88 Å². The van der Waals surface area contributed by atoms with Crippen LogP contribution >= 0.6 is 0 Å². The number of fused-ring (bicyclic) bond motifs is 1. The molecule has 3 aromatic heterocycles. The SMILES string of the molecule is COc1nn(C2CC3(COC3)C2)cc1C(=O)Nc1cccc(-c2nnc3n2[C@@H](C)CC3)n1. The first-order chi connectivity index (χ1) is 15.5. The average Bonchev–Trinajstić information content (AvgIpc) is 3.42. The first-order valence-corrected chi connectivity index (χ1v) is 11.0. The van der Waals surface area contributed by atoms with Gasteiger partial charge in [-0.25, -0.2) is 4.98 Å². The van der Waals surface area contributed by atoms with Crippen LogP contribution in [0.4, 0.5) is 5.82 Å². The highest BCUT2D eigenvalue weighted by Gasteiger charge is 2.51. The van der Waals surface area contributed by atoms with E-state index in [-0.39, 0.29) is 11.9 Å². The molecule has 1 saturated carbocycles. The number of anilines is 1. The minimum Gasteiger partial charge on any atom is -0.479 e. The number of pyridine rings is 1. The van der Waals surface area contributed by atoms with Crippen molar-refractivity contribution < 1.29 is 14.3 Å². The van der Waals surface area contributed by atoms with Crippen molar-refractivity contribution in [3.63, 3.8) is 0 Å². The standard InChI is InChI=1S/C22H25N7O3/c1-13-6-7-18-25-26-19(29(13)18)16-4-3-5-17(23-16)24-20(30)15-10-28(27-21(15)31-2)14-8-22(9-14)11-32-12-22/h3-5,10,13-14H,6-9,11-12H2,1-2H3,(H,23,24,30)/t13-/m0/s1. The van der Waals surface area contributed by atoms with E-state index in [1.54, 1.807) is 12.3 Å². The summed E-state index contributed by atoms with van der Waals surface area (Å²) in [5.74, 6) is 2.16. The number of nitrogens with one attached hydrogen (secondary N) is 1. The lowest BCUT2D eigenvalue weighted by Crippen LogP contribution is -2.52. The van der Waals surface area contributed by atoms with Crippen LogP contribution in [-0.4, -0.2) is 55.8 Å². The number of hydrogen-bond acceptors (Lipinski definition) is 7. The van der Waals surface area contributed by atoms with Gasteiger partial charge in [0.15, 0.2) is 5.82 Å². The molecule has 3 aliphatic rings. The summed E-state index contributed by atoms with van der Waals surface area (Å²) < 4.78 is 14.7. The van der Waals surface area contributed by atoms with Crippen LogP contribution in [0, 0.1) is 5.41 Å². The summed E-state index contributed by atoms with van der Waals surface area (Å²) >= 11 is 0. The minimum absolute atomic E-state index is 0.271. The lowest BCUT2D eigenvalue weighted by atomic mass is 9.64. The molecule has 10 heteroatoms. The van der Waals surface area contributed by atoms with Crippen LogP contribution in [0.25, 0.3) is 11.5 Å². The van der Waals surface area contributed by atoms with E-state index in [1.807, 2.05) is 16.8 Å². The number of methoxy groups -OCH3 is 1. The summed E-state index contributed by atoms with van der Waals surface area (Å²) in [6, 6.07) is 6.10. The van der Waals surface area contributed by atoms with Gasteiger partial charge >= 0.3 is 0 Å². The Morgan fingerprint density at radius 3 is 2.88 bits per heavy atom. The highest BCUT2D eigenvalue weighted by Crippen LogP contribution is 2.53. The maximum absolute atomic E-state index is 13.0. The van der Waals surface area contributed by atoms with Crippen LogP contribution in [0.3, 0.4) is 0 Å². The monoisotopic (exact) mass is 435 g/mol. The summed E-state index contributed by atoms with van der Waals surface area (Å²) in [6.45, 7) is 3.80. The molecular formula is C22H25N7O3. The van der Waals surface area contributed by atoms with Crippen LogP contribution in [0.5, 0.6) is 5.88 Å². The van der Waals surface area contributed by atoms with Crippen molar-refractivity contribution in [3.05, 3.63) is 35.8 Å². The van der Waals surface area contributed by atoms with Crippen LogP contribution in [0.1, 0.15) is 54.5 Å². The maximum atomic E-state index is 13.0. The summed E-state index contributed by atoms with van der Waals surface area (Å²) in [6.07, 6.45) is 5.77. The second-order valence-electron chi connectivity index (χ2n) is 9.15. The Labute approximate surface area is 184 Å². The zero-order valence-electron chi connectivity index (χ0n) is 18.1. The molecule has 32 heavy (non-hydrogen) atoms. The van der Waals surface area contributed by atoms with Crippen LogP contribution < -0.4 is 10.1 Å². The number of amides is 1. The van der Waals surface area contributed by atoms with Crippen molar-refractivity contribution in [1.29, 1.82) is 0 Å². The van der Waals surface area contributed by atoms with Crippen molar-refractivity contribution in [2.75, 3.05) is 25.6 Å². The molecule has 0 bridgehead atoms. The molecule has 1 N–H and O–H groups in total. The quantitative estimate of drug-likeness (QED) is 0.656. The second kappa shape index (κ2) is 7.13. The molecule has 2 aliphatic heterocycles. The van der Waals surface area contributed by atoms with Gasteiger partial charge in [0.1, 0.15) is 22.9 Å². The molecular weight excluding hydrogens is 410 g/mol. The van der Waals surface area contributed by atoms with E-state index in [4.69, 9.17) is 9.47 Å². The van der Waals surface area contributed by atoms with Crippen molar-refractivity contribution in [1.82, 2.24) is 29.5 Å². The molecule has 0 radical (unpaired) electrons. The van der Waals surface area contributed by atoms with E-state index < -0.39 is 0 Å². The zero-order valence-corrected chi connectivity index (χ0v) is 18.1. The van der Waals surface area contributed by atoms with Crippen molar-refractivity contribution >= 4 is 11.7 Å². The third-order valence-corrected chi connectivity index (χ3v) is 6.88. The van der Waals surface area contributed by atoms with Gasteiger partial charge < -0.3 is 19.4 Å². The Bertz CT molecular complexity index is 1190. The van der Waals surface area contributed by atoms with Gasteiger partial charge in [0.25, 0.3) is 5.91 Å². The van der Waals surface area contributed by atoms with Gasteiger partial charge in [0, 0.05) is 24.1 Å². The molecule has 10 nitrogen and oxygen atoms in total. The smallest absolute Gasteiger partial charge is 0.263 e. The molecule has 0 unspecified atom stereocenters. The number of ether oxygens (including phenoxy) is 2. The van der Waals surface area contributed by atoms with E-state index in [0.29, 0.717) is 34.4 Å². The fourth-order valence-electron chi connectivity index (χ4n) is 5.03. The number of aromatic nitrogens is 6. The Balaban J connectivity index is 1.22. The Kier molecular flexibility index (Phi) is 4.32. The van der Waals surface area contributed by atoms with Gasteiger partial charge in [0.05, 0.1) is 26.4 Å². The fraction of sp³-hybridized carbons (Fsp3) is 0.500. The van der Waals surface area contributed by atoms with Gasteiger partial charge in [-0.1, -0.05) is 6.07 Å². The molecule has 5 heterocycles. The Hall–Kier alpha value is -3.27. The Morgan fingerprint density at radius 1 is 1.28 bits per heavy atom. The summed E-state index contributed by atoms with van der Waals surface area (Å²) in [5, 5.41) is 16.0.